The molecule has 1 aromatic carbocycles. The second kappa shape index (κ2) is 7.39. The van der Waals surface area contributed by atoms with Crippen LogP contribution >= 0.6 is 27.3 Å². The first-order valence-electron chi connectivity index (χ1n) is 7.15. The van der Waals surface area contributed by atoms with Gasteiger partial charge in [0.2, 0.25) is 0 Å². The maximum atomic E-state index is 6.56. The van der Waals surface area contributed by atoms with Gasteiger partial charge in [0, 0.05) is 26.7 Å². The molecule has 0 saturated carbocycles. The zero-order valence-corrected chi connectivity index (χ0v) is 14.5. The van der Waals surface area contributed by atoms with Crippen molar-refractivity contribution in [3.63, 3.8) is 0 Å². The lowest BCUT2D eigenvalue weighted by atomic mass is 9.79. The van der Waals surface area contributed by atoms with Crippen LogP contribution in [0.2, 0.25) is 0 Å². The fourth-order valence-electron chi connectivity index (χ4n) is 2.75. The lowest BCUT2D eigenvalue weighted by Crippen LogP contribution is -2.34. The van der Waals surface area contributed by atoms with Crippen LogP contribution in [-0.4, -0.2) is 6.04 Å². The summed E-state index contributed by atoms with van der Waals surface area (Å²) in [5, 5.41) is 2.13. The van der Waals surface area contributed by atoms with Gasteiger partial charge in [-0.1, -0.05) is 50.6 Å². The number of rotatable bonds is 6. The third-order valence-corrected chi connectivity index (χ3v) is 5.68. The molecule has 2 aromatic rings. The Kier molecular flexibility index (Phi) is 5.82. The van der Waals surface area contributed by atoms with E-state index in [4.69, 9.17) is 5.73 Å². The molecule has 0 aliphatic rings. The monoisotopic (exact) mass is 351 g/mol. The van der Waals surface area contributed by atoms with Crippen molar-refractivity contribution in [3.05, 3.63) is 56.7 Å². The summed E-state index contributed by atoms with van der Waals surface area (Å²) in [5.41, 5.74) is 7.92. The third-order valence-electron chi connectivity index (χ3n) is 3.96. The van der Waals surface area contributed by atoms with Gasteiger partial charge in [0.1, 0.15) is 0 Å². The van der Waals surface area contributed by atoms with Crippen molar-refractivity contribution in [2.75, 3.05) is 0 Å². The Morgan fingerprint density at radius 1 is 1.25 bits per heavy atom. The molecule has 0 spiro atoms. The van der Waals surface area contributed by atoms with Crippen molar-refractivity contribution in [2.24, 2.45) is 11.7 Å². The third kappa shape index (κ3) is 3.94. The van der Waals surface area contributed by atoms with Gasteiger partial charge < -0.3 is 5.73 Å². The van der Waals surface area contributed by atoms with Gasteiger partial charge in [0.25, 0.3) is 0 Å². The summed E-state index contributed by atoms with van der Waals surface area (Å²) in [7, 11) is 0. The zero-order valence-electron chi connectivity index (χ0n) is 12.1. The quantitative estimate of drug-likeness (QED) is 0.759. The van der Waals surface area contributed by atoms with Crippen molar-refractivity contribution < 1.29 is 0 Å². The van der Waals surface area contributed by atoms with Gasteiger partial charge in [-0.2, -0.15) is 0 Å². The predicted molar refractivity (Wildman–Crippen MR) is 92.3 cm³/mol. The Morgan fingerprint density at radius 3 is 2.50 bits per heavy atom. The highest BCUT2D eigenvalue weighted by Crippen LogP contribution is 2.32. The van der Waals surface area contributed by atoms with Crippen LogP contribution < -0.4 is 5.73 Å². The van der Waals surface area contributed by atoms with Crippen LogP contribution in [-0.2, 0) is 6.42 Å². The average Bonchev–Trinajstić information content (AvgIpc) is 2.85. The van der Waals surface area contributed by atoms with Crippen LogP contribution in [0.5, 0.6) is 0 Å². The Hall–Kier alpha value is -0.640. The molecule has 0 saturated heterocycles. The van der Waals surface area contributed by atoms with Gasteiger partial charge in [0.15, 0.2) is 0 Å². The standard InChI is InChI=1S/C17H22BrNS/c1-3-12(2)17(13-7-5-4-6-8-13)16(19)10-15-9-14(18)11-20-15/h4-9,11-12,16-17H,3,10,19H2,1-2H3. The fraction of sp³-hybridized carbons (Fsp3) is 0.412. The normalized spacial score (nSPS) is 15.8. The first-order chi connectivity index (χ1) is 9.61. The van der Waals surface area contributed by atoms with Crippen molar-refractivity contribution >= 4 is 27.3 Å². The summed E-state index contributed by atoms with van der Waals surface area (Å²) >= 11 is 5.30. The predicted octanol–water partition coefficient (Wildman–Crippen LogP) is 5.21. The molecule has 2 rings (SSSR count). The van der Waals surface area contributed by atoms with E-state index in [0.29, 0.717) is 11.8 Å². The SMILES string of the molecule is CCC(C)C(c1ccccc1)C(N)Cc1cc(Br)cs1. The summed E-state index contributed by atoms with van der Waals surface area (Å²) < 4.78 is 1.16. The minimum absolute atomic E-state index is 0.165. The topological polar surface area (TPSA) is 26.0 Å². The molecule has 0 bridgehead atoms. The summed E-state index contributed by atoms with van der Waals surface area (Å²) in [6.45, 7) is 4.55. The number of nitrogens with two attached hydrogens (primary N) is 1. The molecule has 0 aliphatic heterocycles. The first-order valence-corrected chi connectivity index (χ1v) is 8.82. The lowest BCUT2D eigenvalue weighted by Gasteiger charge is -2.29. The van der Waals surface area contributed by atoms with E-state index in [1.807, 2.05) is 0 Å². The minimum atomic E-state index is 0.165. The number of hydrogen-bond donors (Lipinski definition) is 1. The van der Waals surface area contributed by atoms with Crippen LogP contribution in [0.4, 0.5) is 0 Å². The molecule has 2 N–H and O–H groups in total. The molecule has 3 atom stereocenters. The largest absolute Gasteiger partial charge is 0.327 e. The average molecular weight is 352 g/mol. The van der Waals surface area contributed by atoms with E-state index < -0.39 is 0 Å². The molecule has 20 heavy (non-hydrogen) atoms. The molecule has 0 aliphatic carbocycles. The lowest BCUT2D eigenvalue weighted by molar-refractivity contribution is 0.381. The highest BCUT2D eigenvalue weighted by molar-refractivity contribution is 9.10. The van der Waals surface area contributed by atoms with E-state index in [1.54, 1.807) is 11.3 Å². The Morgan fingerprint density at radius 2 is 1.95 bits per heavy atom. The second-order valence-corrected chi connectivity index (χ2v) is 7.33. The molecular formula is C17H22BrNS. The van der Waals surface area contributed by atoms with E-state index in [0.717, 1.165) is 17.3 Å². The first kappa shape index (κ1) is 15.7. The molecule has 0 radical (unpaired) electrons. The molecule has 108 valence electrons. The number of hydrogen-bond acceptors (Lipinski definition) is 2. The van der Waals surface area contributed by atoms with Crippen molar-refractivity contribution in [1.29, 1.82) is 0 Å². The molecule has 0 amide bonds. The van der Waals surface area contributed by atoms with Crippen LogP contribution in [0.25, 0.3) is 0 Å². The van der Waals surface area contributed by atoms with E-state index >= 15 is 0 Å². The Labute approximate surface area is 134 Å². The summed E-state index contributed by atoms with van der Waals surface area (Å²) in [5.74, 6) is 1.01. The minimum Gasteiger partial charge on any atom is -0.327 e. The number of halogens is 1. The fourth-order valence-corrected chi connectivity index (χ4v) is 4.27. The molecule has 0 fully saturated rings. The highest BCUT2D eigenvalue weighted by Gasteiger charge is 2.25. The van der Waals surface area contributed by atoms with E-state index in [2.05, 4.69) is 71.6 Å². The number of benzene rings is 1. The summed E-state index contributed by atoms with van der Waals surface area (Å²) in [6.07, 6.45) is 2.10. The van der Waals surface area contributed by atoms with Gasteiger partial charge in [0.05, 0.1) is 0 Å². The van der Waals surface area contributed by atoms with Gasteiger partial charge in [-0.15, -0.1) is 11.3 Å². The van der Waals surface area contributed by atoms with Crippen LogP contribution in [0.1, 0.15) is 36.6 Å². The highest BCUT2D eigenvalue weighted by atomic mass is 79.9. The molecule has 3 unspecified atom stereocenters. The van der Waals surface area contributed by atoms with E-state index in [1.165, 1.54) is 10.4 Å². The maximum absolute atomic E-state index is 6.56. The van der Waals surface area contributed by atoms with Crippen LogP contribution in [0.3, 0.4) is 0 Å². The van der Waals surface area contributed by atoms with Gasteiger partial charge in [-0.05, 0) is 39.9 Å². The van der Waals surface area contributed by atoms with Gasteiger partial charge >= 0.3 is 0 Å². The van der Waals surface area contributed by atoms with E-state index in [-0.39, 0.29) is 6.04 Å². The molecule has 1 aromatic heterocycles. The molecular weight excluding hydrogens is 330 g/mol. The van der Waals surface area contributed by atoms with E-state index in [9.17, 15) is 0 Å². The van der Waals surface area contributed by atoms with Crippen molar-refractivity contribution in [1.82, 2.24) is 0 Å². The molecule has 3 heteroatoms. The zero-order chi connectivity index (χ0) is 14.5. The van der Waals surface area contributed by atoms with Gasteiger partial charge in [-0.25, -0.2) is 0 Å². The smallest absolute Gasteiger partial charge is 0.0285 e. The molecule has 1 nitrogen and oxygen atoms in total. The molecule has 1 heterocycles. The van der Waals surface area contributed by atoms with Crippen LogP contribution in [0.15, 0.2) is 46.3 Å². The Bertz CT molecular complexity index is 523. The summed E-state index contributed by atoms with van der Waals surface area (Å²) in [6, 6.07) is 13.1. The second-order valence-electron chi connectivity index (χ2n) is 5.42. The summed E-state index contributed by atoms with van der Waals surface area (Å²) in [4.78, 5) is 1.36. The van der Waals surface area contributed by atoms with Crippen molar-refractivity contribution in [3.8, 4) is 0 Å². The van der Waals surface area contributed by atoms with Crippen LogP contribution in [0, 0.1) is 5.92 Å². The van der Waals surface area contributed by atoms with Gasteiger partial charge in [-0.3, -0.25) is 0 Å². The Balaban J connectivity index is 2.18. The van der Waals surface area contributed by atoms with Crippen molar-refractivity contribution in [2.45, 2.75) is 38.6 Å². The number of thiophene rings is 1. The maximum Gasteiger partial charge on any atom is 0.0285 e.